The maximum Gasteiger partial charge on any atom is 0.316 e. The van der Waals surface area contributed by atoms with Gasteiger partial charge >= 0.3 is 5.97 Å². The molecule has 9 heteroatoms. The standard InChI is InChI=1S/C20H18N2O6S/c1-12(13-6-7-16-17(8-13)27-11-26-16)21-18(23)9-25-19(24)10-29-20-22-14-4-2-3-5-15(14)28-20/h2-8,12H,9-11H2,1H3,(H,21,23)/t12-/m0/s1. The lowest BCUT2D eigenvalue weighted by atomic mass is 10.1. The first-order valence-electron chi connectivity index (χ1n) is 8.91. The van der Waals surface area contributed by atoms with Gasteiger partial charge in [0.05, 0.1) is 6.04 Å². The van der Waals surface area contributed by atoms with Crippen LogP contribution in [0.5, 0.6) is 11.5 Å². The van der Waals surface area contributed by atoms with E-state index in [9.17, 15) is 9.59 Å². The van der Waals surface area contributed by atoms with Crippen LogP contribution < -0.4 is 14.8 Å². The van der Waals surface area contributed by atoms with Gasteiger partial charge in [-0.1, -0.05) is 30.0 Å². The third-order valence-corrected chi connectivity index (χ3v) is 5.03. The number of carbonyl (C=O) groups excluding carboxylic acids is 2. The van der Waals surface area contributed by atoms with E-state index in [-0.39, 0.29) is 25.2 Å². The smallest absolute Gasteiger partial charge is 0.316 e. The molecule has 1 aromatic heterocycles. The number of fused-ring (bicyclic) bond motifs is 2. The number of carbonyl (C=O) groups is 2. The number of nitrogens with zero attached hydrogens (tertiary/aromatic N) is 1. The average Bonchev–Trinajstić information content (AvgIpc) is 3.36. The number of hydrogen-bond donors (Lipinski definition) is 1. The van der Waals surface area contributed by atoms with Gasteiger partial charge in [0.2, 0.25) is 6.79 Å². The molecule has 0 bridgehead atoms. The molecule has 0 unspecified atom stereocenters. The van der Waals surface area contributed by atoms with Crippen LogP contribution in [-0.2, 0) is 14.3 Å². The van der Waals surface area contributed by atoms with Crippen molar-refractivity contribution in [2.24, 2.45) is 0 Å². The molecule has 0 saturated carbocycles. The van der Waals surface area contributed by atoms with E-state index in [2.05, 4.69) is 10.3 Å². The maximum absolute atomic E-state index is 12.1. The quantitative estimate of drug-likeness (QED) is 0.465. The van der Waals surface area contributed by atoms with Crippen LogP contribution in [-0.4, -0.2) is 36.0 Å². The summed E-state index contributed by atoms with van der Waals surface area (Å²) in [5.41, 5.74) is 2.24. The number of amides is 1. The van der Waals surface area contributed by atoms with E-state index in [1.165, 1.54) is 0 Å². The van der Waals surface area contributed by atoms with Crippen molar-refractivity contribution in [1.82, 2.24) is 10.3 Å². The number of esters is 1. The van der Waals surface area contributed by atoms with Gasteiger partial charge in [0, 0.05) is 0 Å². The number of ether oxygens (including phenoxy) is 3. The fourth-order valence-electron chi connectivity index (χ4n) is 2.77. The molecule has 0 spiro atoms. The van der Waals surface area contributed by atoms with Gasteiger partial charge in [0.1, 0.15) is 11.3 Å². The van der Waals surface area contributed by atoms with E-state index in [1.807, 2.05) is 37.3 Å². The molecule has 150 valence electrons. The van der Waals surface area contributed by atoms with Crippen LogP contribution in [0.3, 0.4) is 0 Å². The molecule has 2 heterocycles. The average molecular weight is 414 g/mol. The topological polar surface area (TPSA) is 99.9 Å². The molecule has 8 nitrogen and oxygen atoms in total. The van der Waals surface area contributed by atoms with Crippen LogP contribution in [0, 0.1) is 0 Å². The zero-order chi connectivity index (χ0) is 20.2. The Hall–Kier alpha value is -3.20. The summed E-state index contributed by atoms with van der Waals surface area (Å²) in [6.45, 7) is 1.67. The monoisotopic (exact) mass is 414 g/mol. The zero-order valence-electron chi connectivity index (χ0n) is 15.5. The summed E-state index contributed by atoms with van der Waals surface area (Å²) >= 11 is 1.12. The zero-order valence-corrected chi connectivity index (χ0v) is 16.4. The summed E-state index contributed by atoms with van der Waals surface area (Å²) < 4.78 is 21.2. The van der Waals surface area contributed by atoms with Crippen molar-refractivity contribution in [3.63, 3.8) is 0 Å². The lowest BCUT2D eigenvalue weighted by Gasteiger charge is -2.14. The number of thioether (sulfide) groups is 1. The molecular formula is C20H18N2O6S. The molecule has 0 fully saturated rings. The number of nitrogens with one attached hydrogen (secondary N) is 1. The number of para-hydroxylation sites is 2. The van der Waals surface area contributed by atoms with Gasteiger partial charge in [-0.05, 0) is 36.8 Å². The van der Waals surface area contributed by atoms with Crippen LogP contribution in [0.25, 0.3) is 11.1 Å². The molecule has 1 N–H and O–H groups in total. The third kappa shape index (κ3) is 4.62. The molecule has 4 rings (SSSR count). The number of benzene rings is 2. The molecule has 1 atom stereocenters. The van der Waals surface area contributed by atoms with E-state index in [1.54, 1.807) is 12.1 Å². The first kappa shape index (κ1) is 19.1. The molecule has 1 aliphatic rings. The molecule has 1 aliphatic heterocycles. The van der Waals surface area contributed by atoms with Crippen molar-refractivity contribution < 1.29 is 28.2 Å². The lowest BCUT2D eigenvalue weighted by Crippen LogP contribution is -2.31. The Balaban J connectivity index is 1.22. The van der Waals surface area contributed by atoms with Gasteiger partial charge in [0.15, 0.2) is 23.7 Å². The Labute approximate surface area is 170 Å². The Bertz CT molecular complexity index is 1020. The molecular weight excluding hydrogens is 396 g/mol. The largest absolute Gasteiger partial charge is 0.455 e. The molecule has 0 saturated heterocycles. The van der Waals surface area contributed by atoms with Crippen LogP contribution in [0.4, 0.5) is 0 Å². The summed E-state index contributed by atoms with van der Waals surface area (Å²) in [5, 5.41) is 3.16. The molecule has 2 aromatic carbocycles. The second kappa shape index (κ2) is 8.44. The fourth-order valence-corrected chi connectivity index (χ4v) is 3.41. The summed E-state index contributed by atoms with van der Waals surface area (Å²) in [7, 11) is 0. The molecule has 1 amide bonds. The molecule has 29 heavy (non-hydrogen) atoms. The minimum atomic E-state index is -0.525. The number of aromatic nitrogens is 1. The van der Waals surface area contributed by atoms with E-state index in [0.717, 1.165) is 22.8 Å². The van der Waals surface area contributed by atoms with Gasteiger partial charge in [-0.15, -0.1) is 0 Å². The van der Waals surface area contributed by atoms with E-state index < -0.39 is 11.9 Å². The van der Waals surface area contributed by atoms with E-state index in [0.29, 0.717) is 22.3 Å². The van der Waals surface area contributed by atoms with Crippen LogP contribution >= 0.6 is 11.8 Å². The summed E-state index contributed by atoms with van der Waals surface area (Å²) in [4.78, 5) is 28.2. The first-order valence-corrected chi connectivity index (χ1v) is 9.90. The van der Waals surface area contributed by atoms with Gasteiger partial charge in [0.25, 0.3) is 11.1 Å². The normalized spacial score (nSPS) is 13.3. The predicted octanol–water partition coefficient (Wildman–Crippen LogP) is 3.07. The minimum Gasteiger partial charge on any atom is -0.455 e. The summed E-state index contributed by atoms with van der Waals surface area (Å²) in [6, 6.07) is 12.5. The Morgan fingerprint density at radius 3 is 2.90 bits per heavy atom. The highest BCUT2D eigenvalue weighted by molar-refractivity contribution is 7.99. The lowest BCUT2D eigenvalue weighted by molar-refractivity contribution is -0.146. The minimum absolute atomic E-state index is 0.00217. The number of oxazole rings is 1. The van der Waals surface area contributed by atoms with Gasteiger partial charge in [-0.2, -0.15) is 0 Å². The van der Waals surface area contributed by atoms with E-state index in [4.69, 9.17) is 18.6 Å². The van der Waals surface area contributed by atoms with Crippen molar-refractivity contribution in [2.45, 2.75) is 18.2 Å². The van der Waals surface area contributed by atoms with Crippen LogP contribution in [0.15, 0.2) is 52.1 Å². The highest BCUT2D eigenvalue weighted by atomic mass is 32.2. The number of rotatable bonds is 7. The molecule has 0 radical (unpaired) electrons. The van der Waals surface area contributed by atoms with Crippen molar-refractivity contribution in [1.29, 1.82) is 0 Å². The maximum atomic E-state index is 12.1. The van der Waals surface area contributed by atoms with Crippen molar-refractivity contribution in [3.8, 4) is 11.5 Å². The van der Waals surface area contributed by atoms with Crippen molar-refractivity contribution >= 4 is 34.7 Å². The van der Waals surface area contributed by atoms with E-state index >= 15 is 0 Å². The Morgan fingerprint density at radius 2 is 2.03 bits per heavy atom. The van der Waals surface area contributed by atoms with Gasteiger partial charge in [-0.25, -0.2) is 4.98 Å². The highest BCUT2D eigenvalue weighted by Gasteiger charge is 2.18. The highest BCUT2D eigenvalue weighted by Crippen LogP contribution is 2.34. The van der Waals surface area contributed by atoms with Crippen LogP contribution in [0.1, 0.15) is 18.5 Å². The summed E-state index contributed by atoms with van der Waals surface area (Å²) in [5.74, 6) is 0.403. The predicted molar refractivity (Wildman–Crippen MR) is 105 cm³/mol. The second-order valence-electron chi connectivity index (χ2n) is 6.30. The first-order chi connectivity index (χ1) is 14.1. The Morgan fingerprint density at radius 1 is 1.21 bits per heavy atom. The van der Waals surface area contributed by atoms with Crippen molar-refractivity contribution in [2.75, 3.05) is 19.2 Å². The third-order valence-electron chi connectivity index (χ3n) is 4.23. The number of hydrogen-bond acceptors (Lipinski definition) is 8. The van der Waals surface area contributed by atoms with Crippen molar-refractivity contribution in [3.05, 3.63) is 48.0 Å². The van der Waals surface area contributed by atoms with Gasteiger partial charge in [-0.3, -0.25) is 9.59 Å². The second-order valence-corrected chi connectivity index (χ2v) is 7.23. The van der Waals surface area contributed by atoms with Crippen LogP contribution in [0.2, 0.25) is 0 Å². The molecule has 0 aliphatic carbocycles. The Kier molecular flexibility index (Phi) is 5.57. The van der Waals surface area contributed by atoms with Gasteiger partial charge < -0.3 is 23.9 Å². The summed E-state index contributed by atoms with van der Waals surface area (Å²) in [6.07, 6.45) is 0. The fraction of sp³-hybridized carbons (Fsp3) is 0.250. The SMILES string of the molecule is C[C@H](NC(=O)COC(=O)CSc1nc2ccccc2o1)c1ccc2c(c1)OCO2. The molecule has 3 aromatic rings.